The second kappa shape index (κ2) is 5.85. The second-order valence-electron chi connectivity index (χ2n) is 4.73. The van der Waals surface area contributed by atoms with Gasteiger partial charge in [-0.15, -0.1) is 0 Å². The van der Waals surface area contributed by atoms with Gasteiger partial charge in [0.2, 0.25) is 0 Å². The topological polar surface area (TPSA) is 38.1 Å². The molecule has 0 aliphatic carbocycles. The number of aromatic nitrogens is 1. The average molecular weight is 349 g/mol. The molecule has 0 radical (unpaired) electrons. The number of hydrogen-bond acceptors (Lipinski definition) is 3. The van der Waals surface area contributed by atoms with Crippen LogP contribution in [-0.4, -0.2) is 4.98 Å². The highest BCUT2D eigenvalue weighted by molar-refractivity contribution is 9.10. The van der Waals surface area contributed by atoms with Crippen LogP contribution in [0.1, 0.15) is 18.4 Å². The first-order valence-corrected chi connectivity index (χ1v) is 7.52. The summed E-state index contributed by atoms with van der Waals surface area (Å²) in [7, 11) is 0. The van der Waals surface area contributed by atoms with Gasteiger partial charge in [-0.1, -0.05) is 28.9 Å². The van der Waals surface area contributed by atoms with E-state index in [9.17, 15) is 4.39 Å². The molecule has 3 nitrogen and oxygen atoms in total. The Kier molecular flexibility index (Phi) is 3.92. The van der Waals surface area contributed by atoms with Crippen molar-refractivity contribution in [2.75, 3.05) is 5.32 Å². The van der Waals surface area contributed by atoms with Crippen molar-refractivity contribution in [1.82, 2.24) is 4.98 Å². The molecule has 0 spiro atoms. The minimum Gasteiger partial charge on any atom is -0.441 e. The van der Waals surface area contributed by atoms with Gasteiger partial charge in [-0.3, -0.25) is 0 Å². The fourth-order valence-corrected chi connectivity index (χ4v) is 2.43. The van der Waals surface area contributed by atoms with Gasteiger partial charge in [-0.05, 0) is 30.3 Å². The second-order valence-corrected chi connectivity index (χ2v) is 5.65. The lowest BCUT2D eigenvalue weighted by atomic mass is 10.2. The number of benzene rings is 2. The number of fused-ring (bicyclic) bond motifs is 1. The largest absolute Gasteiger partial charge is 0.441 e. The highest BCUT2D eigenvalue weighted by atomic mass is 79.9. The van der Waals surface area contributed by atoms with E-state index in [2.05, 4.69) is 26.2 Å². The molecule has 1 aromatic heterocycles. The molecule has 0 bridgehead atoms. The highest BCUT2D eigenvalue weighted by Crippen LogP contribution is 2.21. The van der Waals surface area contributed by atoms with Crippen LogP contribution in [0.2, 0.25) is 0 Å². The summed E-state index contributed by atoms with van der Waals surface area (Å²) in [6, 6.07) is 10.7. The maximum atomic E-state index is 13.8. The summed E-state index contributed by atoms with van der Waals surface area (Å²) in [6.45, 7) is 2.42. The molecular weight excluding hydrogens is 335 g/mol. The monoisotopic (exact) mass is 348 g/mol. The quantitative estimate of drug-likeness (QED) is 0.728. The molecule has 108 valence electrons. The van der Waals surface area contributed by atoms with E-state index in [1.54, 1.807) is 6.07 Å². The van der Waals surface area contributed by atoms with Gasteiger partial charge in [0.1, 0.15) is 11.3 Å². The molecule has 21 heavy (non-hydrogen) atoms. The van der Waals surface area contributed by atoms with Gasteiger partial charge < -0.3 is 9.73 Å². The molecule has 0 atom stereocenters. The summed E-state index contributed by atoms with van der Waals surface area (Å²) >= 11 is 3.25. The molecule has 0 saturated heterocycles. The van der Waals surface area contributed by atoms with Gasteiger partial charge >= 0.3 is 0 Å². The standard InChI is InChI=1S/C16H14BrFN2O/c1-2-16-20-14-8-12(5-6-15(14)21-16)19-9-10-3-4-11(17)7-13(10)18/h3-8,19H,2,9H2,1H3. The molecule has 1 heterocycles. The van der Waals surface area contributed by atoms with Crippen molar-refractivity contribution < 1.29 is 8.81 Å². The molecule has 0 aliphatic heterocycles. The van der Waals surface area contributed by atoms with E-state index in [1.165, 1.54) is 6.07 Å². The van der Waals surface area contributed by atoms with Gasteiger partial charge in [-0.25, -0.2) is 9.37 Å². The molecule has 3 rings (SSSR count). The van der Waals surface area contributed by atoms with Crippen molar-refractivity contribution in [2.45, 2.75) is 19.9 Å². The summed E-state index contributed by atoms with van der Waals surface area (Å²) in [5, 5.41) is 3.20. The van der Waals surface area contributed by atoms with Crippen LogP contribution in [0.5, 0.6) is 0 Å². The Labute approximate surface area is 130 Å². The molecule has 0 unspecified atom stereocenters. The van der Waals surface area contributed by atoms with Gasteiger partial charge in [0.25, 0.3) is 0 Å². The Morgan fingerprint density at radius 3 is 2.86 bits per heavy atom. The lowest BCUT2D eigenvalue weighted by molar-refractivity contribution is 0.538. The van der Waals surface area contributed by atoms with Crippen LogP contribution >= 0.6 is 15.9 Å². The highest BCUT2D eigenvalue weighted by Gasteiger charge is 2.06. The zero-order chi connectivity index (χ0) is 14.8. The number of nitrogens with zero attached hydrogens (tertiary/aromatic N) is 1. The first-order chi connectivity index (χ1) is 10.2. The zero-order valence-electron chi connectivity index (χ0n) is 11.5. The Hall–Kier alpha value is -1.88. The average Bonchev–Trinajstić information content (AvgIpc) is 2.88. The number of hydrogen-bond donors (Lipinski definition) is 1. The van der Waals surface area contributed by atoms with Crippen LogP contribution < -0.4 is 5.32 Å². The summed E-state index contributed by atoms with van der Waals surface area (Å²) < 4.78 is 20.1. The molecule has 0 saturated carbocycles. The smallest absolute Gasteiger partial charge is 0.195 e. The fraction of sp³-hybridized carbons (Fsp3) is 0.188. The van der Waals surface area contributed by atoms with Crippen LogP contribution in [0.4, 0.5) is 10.1 Å². The molecule has 3 aromatic rings. The minimum absolute atomic E-state index is 0.229. The fourth-order valence-electron chi connectivity index (χ4n) is 2.10. The Morgan fingerprint density at radius 1 is 1.24 bits per heavy atom. The molecule has 0 aliphatic rings. The van der Waals surface area contributed by atoms with Gasteiger partial charge in [0.15, 0.2) is 11.5 Å². The van der Waals surface area contributed by atoms with E-state index < -0.39 is 0 Å². The van der Waals surface area contributed by atoms with Crippen molar-refractivity contribution in [2.24, 2.45) is 0 Å². The van der Waals surface area contributed by atoms with Crippen molar-refractivity contribution in [1.29, 1.82) is 0 Å². The SMILES string of the molecule is CCc1nc2cc(NCc3ccc(Br)cc3F)ccc2o1. The van der Waals surface area contributed by atoms with Crippen LogP contribution in [-0.2, 0) is 13.0 Å². The number of nitrogens with one attached hydrogen (secondary N) is 1. The van der Waals surface area contributed by atoms with Crippen LogP contribution in [0, 0.1) is 5.82 Å². The van der Waals surface area contributed by atoms with E-state index in [0.717, 1.165) is 33.6 Å². The third-order valence-corrected chi connectivity index (χ3v) is 3.73. The number of rotatable bonds is 4. The summed E-state index contributed by atoms with van der Waals surface area (Å²) in [4.78, 5) is 4.39. The molecule has 1 N–H and O–H groups in total. The Bertz CT molecular complexity index is 785. The van der Waals surface area contributed by atoms with Crippen LogP contribution in [0.15, 0.2) is 45.3 Å². The third kappa shape index (κ3) is 3.08. The first kappa shape index (κ1) is 14.1. The predicted molar refractivity (Wildman–Crippen MR) is 84.8 cm³/mol. The normalized spacial score (nSPS) is 11.0. The first-order valence-electron chi connectivity index (χ1n) is 6.73. The van der Waals surface area contributed by atoms with E-state index in [4.69, 9.17) is 4.42 Å². The van der Waals surface area contributed by atoms with Crippen LogP contribution in [0.25, 0.3) is 11.1 Å². The number of halogens is 2. The van der Waals surface area contributed by atoms with E-state index in [-0.39, 0.29) is 5.82 Å². The predicted octanol–water partition coefficient (Wildman–Crippen LogP) is 4.90. The Morgan fingerprint density at radius 2 is 2.10 bits per heavy atom. The molecular formula is C16H14BrFN2O. The van der Waals surface area contributed by atoms with Crippen LogP contribution in [0.3, 0.4) is 0 Å². The zero-order valence-corrected chi connectivity index (χ0v) is 13.1. The van der Waals surface area contributed by atoms with Crippen molar-refractivity contribution in [3.8, 4) is 0 Å². The maximum absolute atomic E-state index is 13.8. The van der Waals surface area contributed by atoms with E-state index in [1.807, 2.05) is 31.2 Å². The summed E-state index contributed by atoms with van der Waals surface area (Å²) in [6.07, 6.45) is 0.765. The summed E-state index contributed by atoms with van der Waals surface area (Å²) in [5.74, 6) is 0.494. The van der Waals surface area contributed by atoms with Crippen molar-refractivity contribution in [3.05, 3.63) is 58.1 Å². The van der Waals surface area contributed by atoms with E-state index >= 15 is 0 Å². The number of anilines is 1. The molecule has 2 aromatic carbocycles. The van der Waals surface area contributed by atoms with E-state index in [0.29, 0.717) is 12.1 Å². The van der Waals surface area contributed by atoms with Crippen molar-refractivity contribution >= 4 is 32.7 Å². The van der Waals surface area contributed by atoms with Crippen molar-refractivity contribution in [3.63, 3.8) is 0 Å². The lowest BCUT2D eigenvalue weighted by Crippen LogP contribution is -2.01. The molecule has 0 fully saturated rings. The van der Waals surface area contributed by atoms with Gasteiger partial charge in [0, 0.05) is 28.7 Å². The molecule has 0 amide bonds. The third-order valence-electron chi connectivity index (χ3n) is 3.23. The van der Waals surface area contributed by atoms with Gasteiger partial charge in [-0.2, -0.15) is 0 Å². The van der Waals surface area contributed by atoms with Gasteiger partial charge in [0.05, 0.1) is 0 Å². The summed E-state index contributed by atoms with van der Waals surface area (Å²) in [5.41, 5.74) is 3.09. The lowest BCUT2D eigenvalue weighted by Gasteiger charge is -2.07. The number of aryl methyl sites for hydroxylation is 1. The Balaban J connectivity index is 1.78. The maximum Gasteiger partial charge on any atom is 0.195 e. The molecule has 5 heteroatoms. The number of oxazole rings is 1. The minimum atomic E-state index is -0.229.